The summed E-state index contributed by atoms with van der Waals surface area (Å²) in [5.74, 6) is 0.889. The first-order valence-corrected chi connectivity index (χ1v) is 15.0. The van der Waals surface area contributed by atoms with Gasteiger partial charge in [-0.1, -0.05) is 87.6 Å². The molecule has 38 heavy (non-hydrogen) atoms. The van der Waals surface area contributed by atoms with Gasteiger partial charge in [-0.15, -0.1) is 0 Å². The van der Waals surface area contributed by atoms with Crippen LogP contribution in [0.15, 0.2) is 65.7 Å². The molecule has 5 rings (SSSR count). The Morgan fingerprint density at radius 2 is 1.79 bits per heavy atom. The highest BCUT2D eigenvalue weighted by Crippen LogP contribution is 2.38. The average molecular weight is 546 g/mol. The highest BCUT2D eigenvalue weighted by atomic mass is 32.2. The minimum Gasteiger partial charge on any atom is -0.494 e. The number of carbonyl (C=O) groups is 1. The lowest BCUT2D eigenvalue weighted by Gasteiger charge is -2.29. The Kier molecular flexibility index (Phi) is 8.97. The summed E-state index contributed by atoms with van der Waals surface area (Å²) >= 11 is 7.07. The second-order valence-corrected chi connectivity index (χ2v) is 11.7. The maximum absolute atomic E-state index is 13.5. The van der Waals surface area contributed by atoms with E-state index in [4.69, 9.17) is 22.1 Å². The summed E-state index contributed by atoms with van der Waals surface area (Å²) in [6, 6.07) is 18.4. The van der Waals surface area contributed by atoms with E-state index in [-0.39, 0.29) is 11.9 Å². The number of carbonyl (C=O) groups excluding carboxylic acids is 1. The van der Waals surface area contributed by atoms with Gasteiger partial charge in [0.25, 0.3) is 5.91 Å². The van der Waals surface area contributed by atoms with Crippen LogP contribution >= 0.6 is 24.0 Å². The normalized spacial score (nSPS) is 17.5. The second kappa shape index (κ2) is 12.8. The first-order chi connectivity index (χ1) is 18.6. The minimum atomic E-state index is 0.0251. The second-order valence-electron chi connectivity index (χ2n) is 9.99. The van der Waals surface area contributed by atoms with Crippen LogP contribution in [0.4, 0.5) is 0 Å². The molecule has 0 bridgehead atoms. The molecule has 5 nitrogen and oxygen atoms in total. The van der Waals surface area contributed by atoms with Crippen molar-refractivity contribution in [2.75, 3.05) is 6.61 Å². The molecular weight excluding hydrogens is 510 g/mol. The third kappa shape index (κ3) is 6.21. The van der Waals surface area contributed by atoms with Crippen LogP contribution in [-0.2, 0) is 4.79 Å². The van der Waals surface area contributed by atoms with Gasteiger partial charge in [0.1, 0.15) is 10.1 Å². The van der Waals surface area contributed by atoms with Gasteiger partial charge in [-0.05, 0) is 61.7 Å². The van der Waals surface area contributed by atoms with Crippen molar-refractivity contribution in [3.8, 4) is 22.7 Å². The molecule has 0 unspecified atom stereocenters. The highest BCUT2D eigenvalue weighted by Gasteiger charge is 2.37. The van der Waals surface area contributed by atoms with Crippen LogP contribution in [0.25, 0.3) is 23.0 Å². The summed E-state index contributed by atoms with van der Waals surface area (Å²) in [5.41, 5.74) is 3.67. The Balaban J connectivity index is 1.41. The molecule has 0 spiro atoms. The Labute approximate surface area is 235 Å². The number of unbranched alkanes of at least 4 members (excludes halogenated alkanes) is 3. The number of para-hydroxylation sites is 1. The summed E-state index contributed by atoms with van der Waals surface area (Å²) in [5, 5.41) is 4.94. The number of amides is 1. The minimum absolute atomic E-state index is 0.0251. The predicted molar refractivity (Wildman–Crippen MR) is 161 cm³/mol. The van der Waals surface area contributed by atoms with Crippen molar-refractivity contribution in [1.29, 1.82) is 0 Å². The van der Waals surface area contributed by atoms with Crippen LogP contribution in [-0.4, -0.2) is 37.6 Å². The van der Waals surface area contributed by atoms with Crippen LogP contribution in [0.1, 0.15) is 70.3 Å². The van der Waals surface area contributed by atoms with Crippen LogP contribution < -0.4 is 4.74 Å². The van der Waals surface area contributed by atoms with Gasteiger partial charge in [0, 0.05) is 23.4 Å². The molecule has 1 aliphatic carbocycles. The van der Waals surface area contributed by atoms with E-state index in [1.807, 2.05) is 76.5 Å². The molecule has 7 heteroatoms. The summed E-state index contributed by atoms with van der Waals surface area (Å²) in [6.45, 7) is 2.95. The molecule has 1 aliphatic heterocycles. The van der Waals surface area contributed by atoms with Crippen molar-refractivity contribution in [2.45, 2.75) is 70.8 Å². The van der Waals surface area contributed by atoms with E-state index in [0.29, 0.717) is 9.23 Å². The monoisotopic (exact) mass is 545 g/mol. The SMILES string of the molecule is CCCCCCOc1ccc(-c2nn(-c3ccccc3)cc2C=C2SC(=S)N(C3CCCCC3)C2=O)cc1. The van der Waals surface area contributed by atoms with Gasteiger partial charge in [-0.3, -0.25) is 9.69 Å². The standard InChI is InChI=1S/C31H35N3O2S2/c1-2-3-4-11-20-36-27-18-16-23(17-19-27)29-24(22-33(32-29)25-12-7-5-8-13-25)21-28-30(35)34(31(37)38-28)26-14-9-6-10-15-26/h5,7-8,12-13,16-19,21-22,26H,2-4,6,9-11,14-15,20H2,1H3. The number of ether oxygens (including phenoxy) is 1. The molecular formula is C31H35N3O2S2. The number of thiocarbonyl (C=S) groups is 1. The van der Waals surface area contributed by atoms with Gasteiger partial charge in [0.05, 0.1) is 22.9 Å². The largest absolute Gasteiger partial charge is 0.494 e. The van der Waals surface area contributed by atoms with Gasteiger partial charge < -0.3 is 4.74 Å². The van der Waals surface area contributed by atoms with Crippen LogP contribution in [0.2, 0.25) is 0 Å². The van der Waals surface area contributed by atoms with Crippen LogP contribution in [0.5, 0.6) is 5.75 Å². The molecule has 1 saturated heterocycles. The lowest BCUT2D eigenvalue weighted by molar-refractivity contribution is -0.124. The van der Waals surface area contributed by atoms with E-state index in [2.05, 4.69) is 6.92 Å². The molecule has 3 aromatic rings. The number of rotatable bonds is 10. The molecule has 2 heterocycles. The summed E-state index contributed by atoms with van der Waals surface area (Å²) in [6.07, 6.45) is 14.3. The highest BCUT2D eigenvalue weighted by molar-refractivity contribution is 8.26. The lowest BCUT2D eigenvalue weighted by atomic mass is 9.94. The van der Waals surface area contributed by atoms with Gasteiger partial charge in [-0.2, -0.15) is 5.10 Å². The van der Waals surface area contributed by atoms with Crippen molar-refractivity contribution in [3.05, 3.63) is 71.3 Å². The molecule has 0 radical (unpaired) electrons. The molecule has 2 aliphatic rings. The van der Waals surface area contributed by atoms with Gasteiger partial charge >= 0.3 is 0 Å². The fourth-order valence-electron chi connectivity index (χ4n) is 5.13. The summed E-state index contributed by atoms with van der Waals surface area (Å²) in [7, 11) is 0. The fourth-order valence-corrected chi connectivity index (χ4v) is 6.52. The smallest absolute Gasteiger partial charge is 0.266 e. The third-order valence-corrected chi connectivity index (χ3v) is 8.54. The zero-order valence-electron chi connectivity index (χ0n) is 22.0. The Hall–Kier alpha value is -2.90. The van der Waals surface area contributed by atoms with Crippen molar-refractivity contribution in [2.24, 2.45) is 0 Å². The zero-order valence-corrected chi connectivity index (χ0v) is 23.6. The molecule has 0 atom stereocenters. The first kappa shape index (κ1) is 26.7. The van der Waals surface area contributed by atoms with E-state index in [0.717, 1.165) is 67.0 Å². The average Bonchev–Trinajstić information content (AvgIpc) is 3.50. The quantitative estimate of drug-likeness (QED) is 0.147. The van der Waals surface area contributed by atoms with E-state index in [1.165, 1.54) is 37.4 Å². The number of hydrogen-bond acceptors (Lipinski definition) is 5. The predicted octanol–water partition coefficient (Wildman–Crippen LogP) is 8.03. The lowest BCUT2D eigenvalue weighted by Crippen LogP contribution is -2.39. The molecule has 1 amide bonds. The van der Waals surface area contributed by atoms with Gasteiger partial charge in [0.15, 0.2) is 0 Å². The van der Waals surface area contributed by atoms with Gasteiger partial charge in [0.2, 0.25) is 0 Å². The van der Waals surface area contributed by atoms with Gasteiger partial charge in [-0.25, -0.2) is 4.68 Å². The number of thioether (sulfide) groups is 1. The summed E-state index contributed by atoms with van der Waals surface area (Å²) in [4.78, 5) is 16.0. The molecule has 1 saturated carbocycles. The van der Waals surface area contributed by atoms with E-state index < -0.39 is 0 Å². The van der Waals surface area contributed by atoms with Crippen molar-refractivity contribution in [1.82, 2.24) is 14.7 Å². The Morgan fingerprint density at radius 1 is 1.03 bits per heavy atom. The first-order valence-electron chi connectivity index (χ1n) is 13.8. The maximum Gasteiger partial charge on any atom is 0.266 e. The number of nitrogens with zero attached hydrogens (tertiary/aromatic N) is 3. The van der Waals surface area contributed by atoms with Crippen LogP contribution in [0.3, 0.4) is 0 Å². The molecule has 198 valence electrons. The molecule has 2 aromatic carbocycles. The Morgan fingerprint density at radius 3 is 2.53 bits per heavy atom. The molecule has 1 aromatic heterocycles. The van der Waals surface area contributed by atoms with E-state index in [9.17, 15) is 4.79 Å². The third-order valence-electron chi connectivity index (χ3n) is 7.21. The van der Waals surface area contributed by atoms with E-state index >= 15 is 0 Å². The summed E-state index contributed by atoms with van der Waals surface area (Å²) < 4.78 is 8.49. The number of aromatic nitrogens is 2. The van der Waals surface area contributed by atoms with Crippen molar-refractivity contribution >= 4 is 40.3 Å². The van der Waals surface area contributed by atoms with Crippen molar-refractivity contribution < 1.29 is 9.53 Å². The Bertz CT molecular complexity index is 1280. The number of hydrogen-bond donors (Lipinski definition) is 0. The fraction of sp³-hybridized carbons (Fsp3) is 0.387. The number of benzene rings is 2. The molecule has 0 N–H and O–H groups in total. The van der Waals surface area contributed by atoms with Crippen molar-refractivity contribution in [3.63, 3.8) is 0 Å². The van der Waals surface area contributed by atoms with E-state index in [1.54, 1.807) is 0 Å². The maximum atomic E-state index is 13.5. The topological polar surface area (TPSA) is 47.4 Å². The van der Waals surface area contributed by atoms with Crippen LogP contribution in [0, 0.1) is 0 Å². The molecule has 2 fully saturated rings. The zero-order chi connectivity index (χ0) is 26.3.